The maximum Gasteiger partial charge on any atom is 0.339 e. The minimum Gasteiger partial charge on any atom is -0.461 e. The fourth-order valence-electron chi connectivity index (χ4n) is 2.55. The van der Waals surface area contributed by atoms with Crippen LogP contribution in [0.25, 0.3) is 0 Å². The monoisotopic (exact) mass is 329 g/mol. The highest BCUT2D eigenvalue weighted by Crippen LogP contribution is 2.21. The lowest BCUT2D eigenvalue weighted by Gasteiger charge is -2.19. The molecule has 0 amide bonds. The van der Waals surface area contributed by atoms with Crippen molar-refractivity contribution in [3.8, 4) is 0 Å². The largest absolute Gasteiger partial charge is 0.461 e. The van der Waals surface area contributed by atoms with Gasteiger partial charge in [-0.25, -0.2) is 4.79 Å². The Balaban J connectivity index is 1.78. The van der Waals surface area contributed by atoms with Gasteiger partial charge in [-0.05, 0) is 56.5 Å². The van der Waals surface area contributed by atoms with Crippen molar-refractivity contribution >= 4 is 29.2 Å². The Hall–Kier alpha value is -0.770. The number of carbonyl (C=O) groups is 1. The Morgan fingerprint density at radius 3 is 2.90 bits per heavy atom. The molecule has 1 heterocycles. The molecule has 5 heteroatoms. The van der Waals surface area contributed by atoms with Crippen molar-refractivity contribution in [1.82, 2.24) is 4.90 Å². The van der Waals surface area contributed by atoms with Crippen LogP contribution >= 0.6 is 23.2 Å². The molecule has 2 rings (SSSR count). The molecule has 1 aliphatic heterocycles. The summed E-state index contributed by atoms with van der Waals surface area (Å²) in [6, 6.07) is 4.79. The molecule has 1 atom stereocenters. The van der Waals surface area contributed by atoms with Crippen LogP contribution in [0.3, 0.4) is 0 Å². The molecule has 1 aromatic rings. The minimum atomic E-state index is -0.389. The van der Waals surface area contributed by atoms with Gasteiger partial charge in [0.15, 0.2) is 0 Å². The van der Waals surface area contributed by atoms with Gasteiger partial charge in [0.1, 0.15) is 6.61 Å². The fraction of sp³-hybridized carbons (Fsp3) is 0.562. The van der Waals surface area contributed by atoms with Crippen molar-refractivity contribution in [2.45, 2.75) is 26.2 Å². The van der Waals surface area contributed by atoms with Gasteiger partial charge in [-0.15, -0.1) is 0 Å². The predicted octanol–water partition coefficient (Wildman–Crippen LogP) is 4.27. The van der Waals surface area contributed by atoms with Gasteiger partial charge in [-0.2, -0.15) is 0 Å². The molecule has 0 aromatic heterocycles. The summed E-state index contributed by atoms with van der Waals surface area (Å²) in [5, 5.41) is 0.839. The predicted molar refractivity (Wildman–Crippen MR) is 86.2 cm³/mol. The zero-order valence-electron chi connectivity index (χ0n) is 12.3. The summed E-state index contributed by atoms with van der Waals surface area (Å²) in [4.78, 5) is 14.3. The van der Waals surface area contributed by atoms with Crippen LogP contribution in [0.15, 0.2) is 18.2 Å². The third-order valence-corrected chi connectivity index (χ3v) is 4.45. The quantitative estimate of drug-likeness (QED) is 0.772. The second-order valence-corrected chi connectivity index (χ2v) is 6.48. The summed E-state index contributed by atoms with van der Waals surface area (Å²) < 4.78 is 5.31. The van der Waals surface area contributed by atoms with Crippen molar-refractivity contribution in [3.63, 3.8) is 0 Å². The minimum absolute atomic E-state index is 0.330. The normalized spacial score (nSPS) is 20.0. The molecule has 0 spiro atoms. The van der Waals surface area contributed by atoms with E-state index in [4.69, 9.17) is 27.9 Å². The topological polar surface area (TPSA) is 29.5 Å². The molecule has 0 aliphatic carbocycles. The molecule has 116 valence electrons. The van der Waals surface area contributed by atoms with E-state index in [0.29, 0.717) is 22.2 Å². The van der Waals surface area contributed by atoms with Crippen molar-refractivity contribution in [2.24, 2.45) is 5.92 Å². The number of esters is 1. The molecule has 0 saturated carbocycles. The number of rotatable bonds is 4. The smallest absolute Gasteiger partial charge is 0.339 e. The number of hydrogen-bond donors (Lipinski definition) is 0. The fourth-order valence-corrected chi connectivity index (χ4v) is 3.03. The van der Waals surface area contributed by atoms with Crippen LogP contribution in [0, 0.1) is 5.92 Å². The molecule has 0 N–H and O–H groups in total. The van der Waals surface area contributed by atoms with Gasteiger partial charge in [0.05, 0.1) is 10.6 Å². The molecule has 1 aliphatic rings. The van der Waals surface area contributed by atoms with Gasteiger partial charge in [-0.1, -0.05) is 30.1 Å². The van der Waals surface area contributed by atoms with E-state index in [2.05, 4.69) is 11.8 Å². The Morgan fingerprint density at radius 1 is 1.33 bits per heavy atom. The van der Waals surface area contributed by atoms with E-state index in [1.165, 1.54) is 19.3 Å². The second kappa shape index (κ2) is 8.02. The molecule has 1 unspecified atom stereocenters. The number of halogens is 2. The zero-order valence-corrected chi connectivity index (χ0v) is 13.8. The van der Waals surface area contributed by atoms with E-state index in [9.17, 15) is 4.79 Å². The van der Waals surface area contributed by atoms with Gasteiger partial charge in [0.2, 0.25) is 0 Å². The molecule has 0 radical (unpaired) electrons. The lowest BCUT2D eigenvalue weighted by Crippen LogP contribution is -2.29. The molecule has 3 nitrogen and oxygen atoms in total. The molecular formula is C16H21Cl2NO2. The standard InChI is InChI=1S/C16H21Cl2NO2/c1-12-3-2-7-19(8-6-12)9-10-21-16(20)14-5-4-13(17)11-15(14)18/h4-5,11-12H,2-3,6-10H2,1H3. The summed E-state index contributed by atoms with van der Waals surface area (Å²) in [6.45, 7) is 5.64. The Labute approximate surface area is 136 Å². The summed E-state index contributed by atoms with van der Waals surface area (Å²) >= 11 is 11.8. The average Bonchev–Trinajstić information content (AvgIpc) is 2.63. The van der Waals surface area contributed by atoms with E-state index in [1.54, 1.807) is 18.2 Å². The number of benzene rings is 1. The summed E-state index contributed by atoms with van der Waals surface area (Å²) in [5.74, 6) is 0.408. The molecule has 1 aromatic carbocycles. The summed E-state index contributed by atoms with van der Waals surface area (Å²) in [7, 11) is 0. The lowest BCUT2D eigenvalue weighted by molar-refractivity contribution is 0.0463. The van der Waals surface area contributed by atoms with E-state index in [-0.39, 0.29) is 5.97 Å². The first-order valence-corrected chi connectivity index (χ1v) is 8.16. The SMILES string of the molecule is CC1CCCN(CCOC(=O)c2ccc(Cl)cc2Cl)CC1. The maximum atomic E-state index is 12.0. The first-order chi connectivity index (χ1) is 10.1. The van der Waals surface area contributed by atoms with Crippen LogP contribution in [-0.4, -0.2) is 37.1 Å². The summed E-state index contributed by atoms with van der Waals surface area (Å²) in [6.07, 6.45) is 3.73. The zero-order chi connectivity index (χ0) is 15.2. The van der Waals surface area contributed by atoms with Crippen LogP contribution in [0.2, 0.25) is 10.0 Å². The van der Waals surface area contributed by atoms with E-state index >= 15 is 0 Å². The highest BCUT2D eigenvalue weighted by Gasteiger charge is 2.15. The molecular weight excluding hydrogens is 309 g/mol. The second-order valence-electron chi connectivity index (χ2n) is 5.64. The van der Waals surface area contributed by atoms with Crippen molar-refractivity contribution in [1.29, 1.82) is 0 Å². The van der Waals surface area contributed by atoms with Gasteiger partial charge in [0.25, 0.3) is 0 Å². The third kappa shape index (κ3) is 5.17. The maximum absolute atomic E-state index is 12.0. The van der Waals surface area contributed by atoms with Gasteiger partial charge in [0, 0.05) is 11.6 Å². The highest BCUT2D eigenvalue weighted by molar-refractivity contribution is 6.36. The third-order valence-electron chi connectivity index (χ3n) is 3.90. The van der Waals surface area contributed by atoms with Crippen LogP contribution in [-0.2, 0) is 4.74 Å². The van der Waals surface area contributed by atoms with Gasteiger partial charge < -0.3 is 4.74 Å². The number of likely N-dealkylation sites (tertiary alicyclic amines) is 1. The first kappa shape index (κ1) is 16.6. The lowest BCUT2D eigenvalue weighted by atomic mass is 10.0. The van der Waals surface area contributed by atoms with E-state index < -0.39 is 0 Å². The number of carbonyl (C=O) groups excluding carboxylic acids is 1. The van der Waals surface area contributed by atoms with Crippen LogP contribution in [0.5, 0.6) is 0 Å². The highest BCUT2D eigenvalue weighted by atomic mass is 35.5. The molecule has 0 bridgehead atoms. The molecule has 21 heavy (non-hydrogen) atoms. The van der Waals surface area contributed by atoms with E-state index in [0.717, 1.165) is 25.6 Å². The Morgan fingerprint density at radius 2 is 2.14 bits per heavy atom. The van der Waals surface area contributed by atoms with E-state index in [1.807, 2.05) is 0 Å². The number of hydrogen-bond acceptors (Lipinski definition) is 3. The van der Waals surface area contributed by atoms with Crippen molar-refractivity contribution < 1.29 is 9.53 Å². The number of nitrogens with zero attached hydrogens (tertiary/aromatic N) is 1. The first-order valence-electron chi connectivity index (χ1n) is 7.41. The van der Waals surface area contributed by atoms with Gasteiger partial charge in [-0.3, -0.25) is 4.90 Å². The Kier molecular flexibility index (Phi) is 6.34. The summed E-state index contributed by atoms with van der Waals surface area (Å²) in [5.41, 5.74) is 0.366. The van der Waals surface area contributed by atoms with Gasteiger partial charge >= 0.3 is 5.97 Å². The van der Waals surface area contributed by atoms with Crippen LogP contribution in [0.4, 0.5) is 0 Å². The average molecular weight is 330 g/mol. The van der Waals surface area contributed by atoms with Crippen LogP contribution < -0.4 is 0 Å². The van der Waals surface area contributed by atoms with Crippen molar-refractivity contribution in [2.75, 3.05) is 26.2 Å². The van der Waals surface area contributed by atoms with Crippen LogP contribution in [0.1, 0.15) is 36.5 Å². The Bertz CT molecular complexity index is 493. The molecule has 1 saturated heterocycles. The van der Waals surface area contributed by atoms with Crippen molar-refractivity contribution in [3.05, 3.63) is 33.8 Å². The number of ether oxygens (including phenoxy) is 1. The molecule has 1 fully saturated rings.